The molecule has 20 heteroatoms. The zero-order valence-electron chi connectivity index (χ0n) is 23.8. The van der Waals surface area contributed by atoms with Crippen molar-refractivity contribution >= 4 is 7.49 Å². The molecule has 0 aliphatic rings. The van der Waals surface area contributed by atoms with Crippen LogP contribution in [0.2, 0.25) is 0 Å². The molecule has 0 aromatic carbocycles. The summed E-state index contributed by atoms with van der Waals surface area (Å²) in [6, 6.07) is 0. The first kappa shape index (κ1) is 44.3. The van der Waals surface area contributed by atoms with E-state index >= 15 is 0 Å². The molecule has 2 nitrogen and oxygen atoms in total. The summed E-state index contributed by atoms with van der Waals surface area (Å²) in [5, 5.41) is 0. The van der Waals surface area contributed by atoms with Crippen LogP contribution in [0.4, 0.5) is 74.6 Å². The summed E-state index contributed by atoms with van der Waals surface area (Å²) in [5.41, 5.74) is -25.1. The Morgan fingerprint density at radius 1 is 0.465 bits per heavy atom. The summed E-state index contributed by atoms with van der Waals surface area (Å²) in [7, 11) is -10.2. The third-order valence-corrected chi connectivity index (χ3v) is 10.0. The number of unbranched alkanes of at least 4 members (excludes halogenated alkanes) is 4. The quantitative estimate of drug-likeness (QED) is 0.0835. The van der Waals surface area contributed by atoms with Crippen LogP contribution >= 0.6 is 7.49 Å². The second-order valence-corrected chi connectivity index (χ2v) is 12.9. The van der Waals surface area contributed by atoms with E-state index in [-0.39, 0.29) is 0 Å². The molecule has 0 aromatic heterocycles. The van der Waals surface area contributed by atoms with Gasteiger partial charge in [0.2, 0.25) is 0 Å². The van der Waals surface area contributed by atoms with Crippen LogP contribution in [0.1, 0.15) is 79.1 Å². The van der Waals surface area contributed by atoms with Crippen molar-refractivity contribution in [1.82, 2.24) is 0 Å². The molecular formula is C23H37F17NOP. The van der Waals surface area contributed by atoms with Gasteiger partial charge in [-0.25, -0.2) is 0 Å². The number of nitrogens with zero attached hydrogens (tertiary/aromatic N) is 1. The van der Waals surface area contributed by atoms with Crippen LogP contribution in [-0.4, -0.2) is 72.8 Å². The van der Waals surface area contributed by atoms with Gasteiger partial charge < -0.3 is 4.48 Å². The first-order chi connectivity index (χ1) is 19.2. The van der Waals surface area contributed by atoms with E-state index in [0.29, 0.717) is 0 Å². The van der Waals surface area contributed by atoms with Gasteiger partial charge in [0.15, 0.2) is 0 Å². The standard InChI is InChI=1S/C16H36N.C7HF17OP/c1-5-9-13-17(14-10-6-2,15-11-7-3)16-12-8-4;8-1(9)25-26(5(19,20)2(10,11)12,6(21,22)3(13,14)15)7(23,24)4(16,17)18/h5-16H2,1-4H3;1H/q+1;-1. The Morgan fingerprint density at radius 3 is 0.814 bits per heavy atom. The fourth-order valence-electron chi connectivity index (χ4n) is 4.03. The SMILES string of the molecule is CCCC[N+](CCCC)(CCCC)CCCC.FC(F)O[P-](C(F)(F)C(F)(F)F)(C(F)(F)C(F)(F)F)C(F)(F)C(F)(F)F. The van der Waals surface area contributed by atoms with Gasteiger partial charge in [0.1, 0.15) is 0 Å². The number of hydrogen-bond acceptors (Lipinski definition) is 1. The molecule has 0 aliphatic heterocycles. The van der Waals surface area contributed by atoms with Crippen LogP contribution in [0, 0.1) is 0 Å². The van der Waals surface area contributed by atoms with Crippen LogP contribution in [0.15, 0.2) is 0 Å². The van der Waals surface area contributed by atoms with Gasteiger partial charge in [-0.3, -0.25) is 0 Å². The predicted molar refractivity (Wildman–Crippen MR) is 126 cm³/mol. The third-order valence-electron chi connectivity index (χ3n) is 6.39. The van der Waals surface area contributed by atoms with Gasteiger partial charge in [0, 0.05) is 0 Å². The van der Waals surface area contributed by atoms with Gasteiger partial charge in [-0.15, -0.1) is 0 Å². The van der Waals surface area contributed by atoms with Crippen LogP contribution < -0.4 is 0 Å². The van der Waals surface area contributed by atoms with Crippen LogP contribution in [-0.2, 0) is 4.52 Å². The van der Waals surface area contributed by atoms with Crippen LogP contribution in [0.3, 0.4) is 0 Å². The molecule has 0 heterocycles. The zero-order chi connectivity index (χ0) is 34.8. The zero-order valence-corrected chi connectivity index (χ0v) is 24.7. The molecule has 0 rings (SSSR count). The number of hydrogen-bond donors (Lipinski definition) is 0. The average molecular weight is 697 g/mol. The molecule has 0 saturated heterocycles. The van der Waals surface area contributed by atoms with E-state index in [1.807, 2.05) is 0 Å². The molecule has 264 valence electrons. The minimum atomic E-state index is -10.2. The summed E-state index contributed by atoms with van der Waals surface area (Å²) in [5.74, 6) is 0. The van der Waals surface area contributed by atoms with E-state index in [9.17, 15) is 74.6 Å². The van der Waals surface area contributed by atoms with Gasteiger partial charge in [0.05, 0.1) is 26.2 Å². The molecule has 0 aromatic rings. The fourth-order valence-corrected chi connectivity index (χ4v) is 6.79. The molecule has 0 unspecified atom stereocenters. The Balaban J connectivity index is 0. The van der Waals surface area contributed by atoms with Crippen molar-refractivity contribution in [3.05, 3.63) is 0 Å². The van der Waals surface area contributed by atoms with E-state index < -0.39 is 49.6 Å². The molecule has 0 N–H and O–H groups in total. The Labute approximate surface area is 239 Å². The number of alkyl halides is 17. The first-order valence-corrected chi connectivity index (χ1v) is 14.9. The van der Waals surface area contributed by atoms with Crippen molar-refractivity contribution in [2.24, 2.45) is 0 Å². The van der Waals surface area contributed by atoms with Crippen molar-refractivity contribution in [1.29, 1.82) is 0 Å². The summed E-state index contributed by atoms with van der Waals surface area (Å²) in [6.07, 6.45) is -12.9. The molecule has 0 radical (unpaired) electrons. The molecular weight excluding hydrogens is 660 g/mol. The summed E-state index contributed by atoms with van der Waals surface area (Å²) in [4.78, 5) is 0. The molecule has 0 bridgehead atoms. The molecule has 0 saturated carbocycles. The van der Waals surface area contributed by atoms with Crippen molar-refractivity contribution in [2.45, 2.75) is 121 Å². The van der Waals surface area contributed by atoms with Gasteiger partial charge in [-0.05, 0) is 25.7 Å². The topological polar surface area (TPSA) is 9.23 Å². The average Bonchev–Trinajstić information content (AvgIpc) is 2.84. The third kappa shape index (κ3) is 10.3. The number of quaternary nitrogens is 1. The number of halogens is 17. The Bertz CT molecular complexity index is 679. The molecule has 0 aliphatic carbocycles. The van der Waals surface area contributed by atoms with E-state index in [4.69, 9.17) is 0 Å². The van der Waals surface area contributed by atoms with E-state index in [1.54, 1.807) is 4.52 Å². The number of rotatable bonds is 17. The molecule has 0 atom stereocenters. The second kappa shape index (κ2) is 16.6. The Hall–Kier alpha value is -0.840. The maximum atomic E-state index is 13.2. The normalized spacial score (nSPS) is 15.0. The fraction of sp³-hybridized carbons (Fsp3) is 1.00. The van der Waals surface area contributed by atoms with Gasteiger partial charge in [-0.2, -0.15) is 0 Å². The predicted octanol–water partition coefficient (Wildman–Crippen LogP) is 11.6. The van der Waals surface area contributed by atoms with E-state index in [2.05, 4.69) is 27.7 Å². The summed E-state index contributed by atoms with van der Waals surface area (Å²) in [6.45, 7) is 9.29. The van der Waals surface area contributed by atoms with E-state index in [1.165, 1.54) is 82.0 Å². The molecule has 0 spiro atoms. The Morgan fingerprint density at radius 2 is 0.674 bits per heavy atom. The second-order valence-electron chi connectivity index (χ2n) is 9.74. The first-order valence-electron chi connectivity index (χ1n) is 13.2. The minimum absolute atomic E-state index is 1.35. The molecule has 0 fully saturated rings. The Kier molecular flexibility index (Phi) is 17.1. The summed E-state index contributed by atoms with van der Waals surface area (Å²) >= 11 is 0. The van der Waals surface area contributed by atoms with Gasteiger partial charge >= 0.3 is 129 Å². The van der Waals surface area contributed by atoms with Crippen molar-refractivity contribution in [2.75, 3.05) is 26.2 Å². The van der Waals surface area contributed by atoms with E-state index in [0.717, 1.165) is 0 Å². The maximum absolute atomic E-state index is 13.2. The van der Waals surface area contributed by atoms with Crippen molar-refractivity contribution in [3.63, 3.8) is 0 Å². The molecule has 43 heavy (non-hydrogen) atoms. The van der Waals surface area contributed by atoms with Crippen molar-refractivity contribution < 1.29 is 83.6 Å². The van der Waals surface area contributed by atoms with Crippen LogP contribution in [0.5, 0.6) is 0 Å². The summed E-state index contributed by atoms with van der Waals surface area (Å²) < 4.78 is 215. The molecule has 0 amide bonds. The van der Waals surface area contributed by atoms with Gasteiger partial charge in [0.25, 0.3) is 0 Å². The van der Waals surface area contributed by atoms with Gasteiger partial charge in [-0.1, -0.05) is 53.4 Å². The van der Waals surface area contributed by atoms with Crippen LogP contribution in [0.25, 0.3) is 0 Å². The monoisotopic (exact) mass is 697 g/mol. The van der Waals surface area contributed by atoms with Crippen molar-refractivity contribution in [3.8, 4) is 0 Å².